The van der Waals surface area contributed by atoms with Crippen LogP contribution >= 0.6 is 11.8 Å². The van der Waals surface area contributed by atoms with Crippen molar-refractivity contribution in [2.75, 3.05) is 32.1 Å². The van der Waals surface area contributed by atoms with E-state index in [9.17, 15) is 13.2 Å². The highest BCUT2D eigenvalue weighted by atomic mass is 32.2. The van der Waals surface area contributed by atoms with E-state index in [0.717, 1.165) is 59.5 Å². The Morgan fingerprint density at radius 3 is 2.35 bits per heavy atom. The molecule has 8 heteroatoms. The fourth-order valence-corrected chi connectivity index (χ4v) is 5.42. The second-order valence-electron chi connectivity index (χ2n) is 9.95. The Morgan fingerprint density at radius 2 is 1.68 bits per heavy atom. The third kappa shape index (κ3) is 9.82. The summed E-state index contributed by atoms with van der Waals surface area (Å²) in [6.07, 6.45) is 7.38. The van der Waals surface area contributed by atoms with E-state index >= 15 is 0 Å². The molecule has 3 aromatic rings. The van der Waals surface area contributed by atoms with E-state index in [1.54, 1.807) is 12.1 Å². The predicted octanol–water partition coefficient (Wildman–Crippen LogP) is 7.65. The molecule has 37 heavy (non-hydrogen) atoms. The molecule has 1 heterocycles. The van der Waals surface area contributed by atoms with Gasteiger partial charge in [-0.2, -0.15) is 13.2 Å². The van der Waals surface area contributed by atoms with Crippen LogP contribution in [0, 0.1) is 18.8 Å². The van der Waals surface area contributed by atoms with Crippen LogP contribution in [0.3, 0.4) is 0 Å². The Bertz CT molecular complexity index is 1110. The maximum absolute atomic E-state index is 12.4. The molecule has 1 aliphatic carbocycles. The number of benzene rings is 2. The zero-order valence-electron chi connectivity index (χ0n) is 22.3. The number of alkyl halides is 3. The molecule has 0 amide bonds. The molecule has 4 rings (SSSR count). The van der Waals surface area contributed by atoms with Gasteiger partial charge in [0.15, 0.2) is 0 Å². The normalized spacial score (nSPS) is 17.8. The lowest BCUT2D eigenvalue weighted by Gasteiger charge is -2.27. The summed E-state index contributed by atoms with van der Waals surface area (Å²) in [5, 5.41) is 4.58. The third-order valence-corrected chi connectivity index (χ3v) is 7.54. The van der Waals surface area contributed by atoms with E-state index in [1.807, 2.05) is 56.3 Å². The van der Waals surface area contributed by atoms with Crippen molar-refractivity contribution in [2.45, 2.75) is 62.8 Å². The lowest BCUT2D eigenvalue weighted by atomic mass is 9.81. The van der Waals surface area contributed by atoms with E-state index in [0.29, 0.717) is 0 Å². The van der Waals surface area contributed by atoms with Crippen molar-refractivity contribution >= 4 is 28.5 Å². The molecule has 4 nitrogen and oxygen atoms in total. The third-order valence-electron chi connectivity index (χ3n) is 6.82. The van der Waals surface area contributed by atoms with E-state index in [4.69, 9.17) is 0 Å². The van der Waals surface area contributed by atoms with Crippen LogP contribution in [0.5, 0.6) is 0 Å². The summed E-state index contributed by atoms with van der Waals surface area (Å²) in [4.78, 5) is 11.1. The maximum Gasteiger partial charge on any atom is 0.446 e. The number of para-hydroxylation sites is 1. The molecule has 1 aromatic heterocycles. The highest BCUT2D eigenvalue weighted by Gasteiger charge is 2.29. The quantitative estimate of drug-likeness (QED) is 0.238. The van der Waals surface area contributed by atoms with Crippen molar-refractivity contribution < 1.29 is 13.2 Å². The van der Waals surface area contributed by atoms with Crippen LogP contribution < -0.4 is 10.2 Å². The van der Waals surface area contributed by atoms with Gasteiger partial charge in [0.1, 0.15) is 11.6 Å². The largest absolute Gasteiger partial charge is 0.446 e. The molecule has 202 valence electrons. The minimum Gasteiger partial charge on any atom is -0.362 e. The fraction of sp³-hybridized carbons (Fsp3) is 0.517. The number of hydrogen-bond donors (Lipinski definition) is 1. The van der Waals surface area contributed by atoms with Gasteiger partial charge in [-0.15, -0.1) is 0 Å². The van der Waals surface area contributed by atoms with Crippen LogP contribution in [0.2, 0.25) is 0 Å². The first kappa shape index (κ1) is 29.2. The van der Waals surface area contributed by atoms with Crippen LogP contribution in [0.4, 0.5) is 19.0 Å². The molecule has 1 fully saturated rings. The monoisotopic (exact) mass is 532 g/mol. The number of aromatic nitrogens is 2. The van der Waals surface area contributed by atoms with Gasteiger partial charge in [0.25, 0.3) is 0 Å². The topological polar surface area (TPSA) is 41.1 Å². The van der Waals surface area contributed by atoms with Crippen molar-refractivity contribution in [1.29, 1.82) is 0 Å². The number of fused-ring (bicyclic) bond motifs is 1. The zero-order valence-corrected chi connectivity index (χ0v) is 23.1. The Hall–Kier alpha value is -2.32. The molecule has 0 spiro atoms. The first-order valence-corrected chi connectivity index (χ1v) is 13.9. The summed E-state index contributed by atoms with van der Waals surface area (Å²) in [5.74, 6) is 3.48. The predicted molar refractivity (Wildman–Crippen MR) is 149 cm³/mol. The molecule has 2 aromatic carbocycles. The Balaban J connectivity index is 0.000000231. The van der Waals surface area contributed by atoms with Gasteiger partial charge < -0.3 is 10.2 Å². The molecule has 0 bridgehead atoms. The summed E-state index contributed by atoms with van der Waals surface area (Å²) in [7, 11) is 3.99. The lowest BCUT2D eigenvalue weighted by molar-refractivity contribution is -0.0328. The summed E-state index contributed by atoms with van der Waals surface area (Å²) < 4.78 is 37.2. The number of rotatable bonds is 8. The van der Waals surface area contributed by atoms with Gasteiger partial charge in [0.2, 0.25) is 0 Å². The van der Waals surface area contributed by atoms with Crippen molar-refractivity contribution in [3.63, 3.8) is 0 Å². The van der Waals surface area contributed by atoms with Gasteiger partial charge in [-0.3, -0.25) is 0 Å². The van der Waals surface area contributed by atoms with Gasteiger partial charge in [-0.1, -0.05) is 50.5 Å². The first-order valence-electron chi connectivity index (χ1n) is 13.1. The van der Waals surface area contributed by atoms with Crippen LogP contribution in [0.15, 0.2) is 53.4 Å². The molecular formula is C29H39F3N4S. The zero-order chi connectivity index (χ0) is 26.8. The maximum atomic E-state index is 12.4. The van der Waals surface area contributed by atoms with Crippen LogP contribution in [0.1, 0.15) is 50.4 Å². The van der Waals surface area contributed by atoms with Crippen molar-refractivity contribution in [3.8, 4) is 0 Å². The van der Waals surface area contributed by atoms with E-state index in [2.05, 4.69) is 22.2 Å². The molecular weight excluding hydrogens is 493 g/mol. The van der Waals surface area contributed by atoms with Crippen molar-refractivity contribution in [1.82, 2.24) is 15.3 Å². The van der Waals surface area contributed by atoms with Gasteiger partial charge >= 0.3 is 5.51 Å². The number of nitrogens with one attached hydrogen (secondary N) is 1. The summed E-state index contributed by atoms with van der Waals surface area (Å²) in [6.45, 7) is 6.05. The summed E-state index contributed by atoms with van der Waals surface area (Å²) in [6, 6.07) is 14.8. The highest BCUT2D eigenvalue weighted by Crippen LogP contribution is 2.37. The lowest BCUT2D eigenvalue weighted by Crippen LogP contribution is -2.27. The molecule has 0 aliphatic heterocycles. The van der Waals surface area contributed by atoms with Gasteiger partial charge in [0, 0.05) is 24.4 Å². The minimum absolute atomic E-state index is 0.0413. The Labute approximate surface area is 223 Å². The van der Waals surface area contributed by atoms with Gasteiger partial charge in [0.05, 0.1) is 5.52 Å². The molecule has 0 unspecified atom stereocenters. The molecule has 1 saturated carbocycles. The van der Waals surface area contributed by atoms with E-state index in [1.165, 1.54) is 38.2 Å². The number of aryl methyl sites for hydroxylation is 1. The average molecular weight is 533 g/mol. The minimum atomic E-state index is -4.21. The second kappa shape index (κ2) is 14.0. The van der Waals surface area contributed by atoms with Crippen LogP contribution in [0.25, 0.3) is 10.9 Å². The molecule has 0 radical (unpaired) electrons. The van der Waals surface area contributed by atoms with Gasteiger partial charge in [-0.25, -0.2) is 9.97 Å². The number of hydrogen-bond acceptors (Lipinski definition) is 5. The molecule has 1 aliphatic rings. The van der Waals surface area contributed by atoms with Crippen molar-refractivity contribution in [3.05, 3.63) is 59.9 Å². The number of halogens is 3. The van der Waals surface area contributed by atoms with Gasteiger partial charge in [-0.05, 0) is 92.7 Å². The molecule has 0 saturated heterocycles. The molecule has 1 N–H and O–H groups in total. The highest BCUT2D eigenvalue weighted by molar-refractivity contribution is 8.00. The number of anilines is 1. The number of thioether (sulfide) groups is 1. The summed E-state index contributed by atoms with van der Waals surface area (Å²) in [5.41, 5.74) is -2.25. The Morgan fingerprint density at radius 1 is 0.973 bits per heavy atom. The smallest absolute Gasteiger partial charge is 0.362 e. The molecule has 0 atom stereocenters. The first-order chi connectivity index (χ1) is 17.6. The number of nitrogens with zero attached hydrogens (tertiary/aromatic N) is 3. The van der Waals surface area contributed by atoms with Crippen LogP contribution in [-0.4, -0.2) is 42.7 Å². The summed E-state index contributed by atoms with van der Waals surface area (Å²) >= 11 is -0.0413. The Kier molecular flexibility index (Phi) is 11.1. The van der Waals surface area contributed by atoms with E-state index < -0.39 is 5.51 Å². The second-order valence-corrected chi connectivity index (χ2v) is 11.1. The van der Waals surface area contributed by atoms with Crippen LogP contribution in [-0.2, 0) is 6.42 Å². The fourth-order valence-electron chi connectivity index (χ4n) is 4.79. The van der Waals surface area contributed by atoms with E-state index in [-0.39, 0.29) is 16.7 Å². The average Bonchev–Trinajstić information content (AvgIpc) is 2.86. The van der Waals surface area contributed by atoms with Crippen molar-refractivity contribution in [2.24, 2.45) is 11.8 Å². The SMILES string of the molecule is CCC1CCC(CNCCc2cccc(SC(F)(F)F)c2)CC1.Cc1nc(N(C)C)c2ccccc2n1. The standard InChI is InChI=1S/C18H26F3NS.C11H13N3/c1-2-14-6-8-16(9-7-14)13-22-11-10-15-4-3-5-17(12-15)23-18(19,20)21;1-8-12-10-7-5-4-6-9(10)11(13-8)14(2)3/h3-5,12,14,16,22H,2,6-11,13H2,1H3;4-7H,1-3H3.